The Hall–Kier alpha value is -0.471. The topological polar surface area (TPSA) is 45.9 Å². The molecule has 0 aliphatic rings. The molecule has 1 rings (SSSR count). The van der Waals surface area contributed by atoms with Crippen LogP contribution in [0, 0.1) is 11.5 Å². The van der Waals surface area contributed by atoms with Gasteiger partial charge in [0.1, 0.15) is 0 Å². The van der Waals surface area contributed by atoms with Crippen LogP contribution >= 0.6 is 11.6 Å². The number of rotatable bonds is 2. The van der Waals surface area contributed by atoms with Gasteiger partial charge in [-0.05, 0) is 0 Å². The molecule has 14 heavy (non-hydrogen) atoms. The van der Waals surface area contributed by atoms with Crippen LogP contribution in [0.1, 0.15) is 0 Å². The van der Waals surface area contributed by atoms with Gasteiger partial charge in [-0.1, -0.05) is 0 Å². The van der Waals surface area contributed by atoms with Crippen molar-refractivity contribution in [2.75, 3.05) is 0 Å². The number of aromatic nitrogens is 1. The number of pyridine rings is 1. The van der Waals surface area contributed by atoms with Gasteiger partial charge in [0.2, 0.25) is 0 Å². The molecule has 0 radical (unpaired) electrons. The van der Waals surface area contributed by atoms with Crippen molar-refractivity contribution >= 4 is 33.7 Å². The second-order valence-corrected chi connectivity index (χ2v) is 18.6. The first-order chi connectivity index (χ1) is 6.43. The summed E-state index contributed by atoms with van der Waals surface area (Å²) in [7, 11) is 0. The van der Waals surface area contributed by atoms with Crippen molar-refractivity contribution in [2.45, 2.75) is 14.8 Å². The summed E-state index contributed by atoms with van der Waals surface area (Å²) >= 11 is 3.60. The number of nitrogens with zero attached hydrogens (tertiary/aromatic N) is 2. The molecule has 0 atom stereocenters. The summed E-state index contributed by atoms with van der Waals surface area (Å²) in [5, 5.41) is 8.77. The summed E-state index contributed by atoms with van der Waals surface area (Å²) in [5.41, 5.74) is 0. The fourth-order valence-corrected chi connectivity index (χ4v) is 4.31. The Kier molecular flexibility index (Phi) is 3.62. The van der Waals surface area contributed by atoms with Gasteiger partial charge < -0.3 is 0 Å². The van der Waals surface area contributed by atoms with Crippen LogP contribution in [-0.4, -0.2) is 23.4 Å². The van der Waals surface area contributed by atoms with Crippen LogP contribution in [0.15, 0.2) is 12.1 Å². The third-order valence-electron chi connectivity index (χ3n) is 1.70. The molecule has 0 unspecified atom stereocenters. The average molecular weight is 317 g/mol. The van der Waals surface area contributed by atoms with E-state index in [0.29, 0.717) is 10.9 Å². The fraction of sp³-hybridized carbons (Fsp3) is 0.333. The van der Waals surface area contributed by atoms with E-state index in [-0.39, 0.29) is 0 Å². The van der Waals surface area contributed by atoms with Crippen molar-refractivity contribution < 1.29 is 4.74 Å². The SMILES string of the molecule is [CH3][Sn]([CH3])([CH3])[c]1cc(OC#N)cc(Cl)n1. The van der Waals surface area contributed by atoms with Gasteiger partial charge in [-0.3, -0.25) is 0 Å². The molecule has 0 fully saturated rings. The summed E-state index contributed by atoms with van der Waals surface area (Å²) in [6.07, 6.45) is 1.63. The molecule has 1 heterocycles. The van der Waals surface area contributed by atoms with Crippen LogP contribution in [0.3, 0.4) is 0 Å². The van der Waals surface area contributed by atoms with Crippen LogP contribution in [0.25, 0.3) is 0 Å². The zero-order valence-electron chi connectivity index (χ0n) is 8.34. The van der Waals surface area contributed by atoms with Crippen molar-refractivity contribution in [1.82, 2.24) is 4.98 Å². The van der Waals surface area contributed by atoms with Crippen molar-refractivity contribution in [1.29, 1.82) is 5.26 Å². The molecular formula is C9H11ClN2OSn. The molecule has 0 saturated carbocycles. The first-order valence-electron chi connectivity index (χ1n) is 4.17. The molecule has 0 bridgehead atoms. The summed E-state index contributed by atoms with van der Waals surface area (Å²) in [4.78, 5) is 10.9. The molecule has 0 aromatic carbocycles. The number of nitriles is 1. The summed E-state index contributed by atoms with van der Waals surface area (Å²) in [6.45, 7) is 0. The number of halogens is 1. The Bertz CT molecular complexity index is 381. The van der Waals surface area contributed by atoms with Gasteiger partial charge in [0.25, 0.3) is 0 Å². The maximum atomic E-state index is 8.39. The van der Waals surface area contributed by atoms with Crippen molar-refractivity contribution in [3.05, 3.63) is 17.3 Å². The maximum absolute atomic E-state index is 8.39. The molecule has 3 nitrogen and oxygen atoms in total. The van der Waals surface area contributed by atoms with Crippen LogP contribution in [0.2, 0.25) is 20.0 Å². The van der Waals surface area contributed by atoms with Crippen molar-refractivity contribution in [3.63, 3.8) is 0 Å². The fourth-order valence-electron chi connectivity index (χ4n) is 0.969. The van der Waals surface area contributed by atoms with E-state index in [9.17, 15) is 0 Å². The molecule has 0 saturated heterocycles. The summed E-state index contributed by atoms with van der Waals surface area (Å²) < 4.78 is 5.75. The van der Waals surface area contributed by atoms with Crippen molar-refractivity contribution in [2.24, 2.45) is 0 Å². The zero-order chi connectivity index (χ0) is 10.8. The van der Waals surface area contributed by atoms with Gasteiger partial charge in [-0.25, -0.2) is 0 Å². The van der Waals surface area contributed by atoms with Crippen LogP contribution < -0.4 is 8.45 Å². The molecule has 74 valence electrons. The van der Waals surface area contributed by atoms with E-state index < -0.39 is 18.4 Å². The molecule has 1 aromatic rings. The molecule has 0 aliphatic heterocycles. The molecule has 0 aliphatic carbocycles. The van der Waals surface area contributed by atoms with E-state index in [0.717, 1.165) is 3.71 Å². The van der Waals surface area contributed by atoms with Gasteiger partial charge >= 0.3 is 92.8 Å². The van der Waals surface area contributed by atoms with E-state index in [2.05, 4.69) is 19.8 Å². The number of hydrogen-bond donors (Lipinski definition) is 0. The molecule has 0 N–H and O–H groups in total. The number of ether oxygens (including phenoxy) is 1. The second kappa shape index (κ2) is 4.37. The first kappa shape index (κ1) is 11.6. The number of hydrogen-bond acceptors (Lipinski definition) is 3. The predicted molar refractivity (Wildman–Crippen MR) is 58.5 cm³/mol. The summed E-state index contributed by atoms with van der Waals surface area (Å²) in [5.74, 6) is 0.481. The minimum absolute atomic E-state index is 0.388. The van der Waals surface area contributed by atoms with E-state index in [1.807, 2.05) is 6.07 Å². The van der Waals surface area contributed by atoms with E-state index in [1.54, 1.807) is 12.3 Å². The van der Waals surface area contributed by atoms with E-state index in [4.69, 9.17) is 21.6 Å². The Morgan fingerprint density at radius 2 is 2.07 bits per heavy atom. The Balaban J connectivity index is 3.15. The normalized spacial score (nSPS) is 10.8. The zero-order valence-corrected chi connectivity index (χ0v) is 11.9. The Morgan fingerprint density at radius 3 is 2.57 bits per heavy atom. The first-order valence-corrected chi connectivity index (χ1v) is 14.5. The second-order valence-electron chi connectivity index (χ2n) is 3.95. The van der Waals surface area contributed by atoms with Gasteiger partial charge in [-0.15, -0.1) is 0 Å². The average Bonchev–Trinajstić information content (AvgIpc) is 2.02. The van der Waals surface area contributed by atoms with Crippen LogP contribution in [-0.2, 0) is 0 Å². The predicted octanol–water partition coefficient (Wildman–Crippen LogP) is 2.14. The Labute approximate surface area is 92.5 Å². The molecule has 5 heteroatoms. The van der Waals surface area contributed by atoms with E-state index in [1.165, 1.54) is 0 Å². The van der Waals surface area contributed by atoms with Crippen LogP contribution in [0.4, 0.5) is 0 Å². The van der Waals surface area contributed by atoms with Gasteiger partial charge in [-0.2, -0.15) is 0 Å². The van der Waals surface area contributed by atoms with Gasteiger partial charge in [0.15, 0.2) is 0 Å². The molecule has 0 amide bonds. The van der Waals surface area contributed by atoms with Crippen molar-refractivity contribution in [3.8, 4) is 12.0 Å². The van der Waals surface area contributed by atoms with Gasteiger partial charge in [0, 0.05) is 0 Å². The van der Waals surface area contributed by atoms with Crippen LogP contribution in [0.5, 0.6) is 5.75 Å². The minimum atomic E-state index is -2.23. The standard InChI is InChI=1S/C6H2ClN2O.3CH3.Sn/c7-6-3-5(10-4-8)1-2-9-6;;;;/h1,3H;3*1H3;. The quantitative estimate of drug-likeness (QED) is 0.477. The third-order valence-corrected chi connectivity index (χ3v) is 7.01. The molecular weight excluding hydrogens is 306 g/mol. The van der Waals surface area contributed by atoms with Gasteiger partial charge in [0.05, 0.1) is 0 Å². The molecule has 0 spiro atoms. The van der Waals surface area contributed by atoms with E-state index >= 15 is 0 Å². The third kappa shape index (κ3) is 3.03. The monoisotopic (exact) mass is 318 g/mol. The summed E-state index contributed by atoms with van der Waals surface area (Å²) in [6, 6.07) is 3.36. The molecule has 1 aromatic heterocycles. The Morgan fingerprint density at radius 1 is 1.43 bits per heavy atom.